The lowest BCUT2D eigenvalue weighted by Crippen LogP contribution is -2.35. The highest BCUT2D eigenvalue weighted by atomic mass is 16.2. The van der Waals surface area contributed by atoms with Crippen LogP contribution >= 0.6 is 0 Å². The fraction of sp³-hybridized carbons (Fsp3) is 0.556. The van der Waals surface area contributed by atoms with Crippen molar-refractivity contribution < 1.29 is 4.79 Å². The second-order valence-electron chi connectivity index (χ2n) is 3.04. The van der Waals surface area contributed by atoms with Crippen LogP contribution in [0.25, 0.3) is 0 Å². The zero-order valence-electron chi connectivity index (χ0n) is 8.53. The minimum atomic E-state index is -0.461. The van der Waals surface area contributed by atoms with Gasteiger partial charge in [0, 0.05) is 18.9 Å². The number of amides is 1. The van der Waals surface area contributed by atoms with Gasteiger partial charge in [-0.25, -0.2) is 4.98 Å². The van der Waals surface area contributed by atoms with Crippen molar-refractivity contribution in [2.75, 3.05) is 5.32 Å². The molecule has 1 aromatic heterocycles. The molecule has 1 aromatic rings. The predicted octanol–water partition coefficient (Wildman–Crippen LogP) is 0.579. The molecule has 5 nitrogen and oxygen atoms in total. The number of nitrogens with one attached hydrogen (secondary N) is 1. The molecule has 0 bridgehead atoms. The van der Waals surface area contributed by atoms with Crippen molar-refractivity contribution >= 4 is 11.9 Å². The van der Waals surface area contributed by atoms with Gasteiger partial charge in [0.15, 0.2) is 0 Å². The van der Waals surface area contributed by atoms with Crippen LogP contribution in [-0.4, -0.2) is 21.5 Å². The van der Waals surface area contributed by atoms with Gasteiger partial charge in [0.1, 0.15) is 0 Å². The van der Waals surface area contributed by atoms with E-state index < -0.39 is 6.04 Å². The topological polar surface area (TPSA) is 72.9 Å². The Kier molecular flexibility index (Phi) is 3.64. The molecule has 1 rings (SSSR count). The van der Waals surface area contributed by atoms with Gasteiger partial charge in [0.2, 0.25) is 11.9 Å². The average molecular weight is 196 g/mol. The molecule has 0 aliphatic heterocycles. The van der Waals surface area contributed by atoms with Crippen LogP contribution < -0.4 is 11.1 Å². The van der Waals surface area contributed by atoms with E-state index >= 15 is 0 Å². The van der Waals surface area contributed by atoms with Gasteiger partial charge in [0.05, 0.1) is 6.04 Å². The smallest absolute Gasteiger partial charge is 0.243 e. The summed E-state index contributed by atoms with van der Waals surface area (Å²) >= 11 is 0. The van der Waals surface area contributed by atoms with Gasteiger partial charge in [0.25, 0.3) is 0 Å². The number of rotatable bonds is 4. The molecule has 0 radical (unpaired) electrons. The number of aromatic nitrogens is 2. The molecule has 0 aliphatic carbocycles. The van der Waals surface area contributed by atoms with E-state index in [1.807, 2.05) is 24.6 Å². The third kappa shape index (κ3) is 2.32. The Bertz CT molecular complexity index is 308. The summed E-state index contributed by atoms with van der Waals surface area (Å²) in [5, 5.41) is 2.68. The third-order valence-electron chi connectivity index (χ3n) is 2.07. The first-order chi connectivity index (χ1) is 6.69. The third-order valence-corrected chi connectivity index (χ3v) is 2.07. The van der Waals surface area contributed by atoms with Gasteiger partial charge in [-0.2, -0.15) is 0 Å². The molecule has 3 N–H and O–H groups in total. The lowest BCUT2D eigenvalue weighted by atomic mass is 10.2. The second-order valence-corrected chi connectivity index (χ2v) is 3.04. The van der Waals surface area contributed by atoms with Crippen LogP contribution in [0.1, 0.15) is 20.3 Å². The Morgan fingerprint density at radius 2 is 2.43 bits per heavy atom. The summed E-state index contributed by atoms with van der Waals surface area (Å²) in [4.78, 5) is 15.4. The van der Waals surface area contributed by atoms with Gasteiger partial charge in [-0.1, -0.05) is 6.92 Å². The molecular formula is C9H16N4O. The van der Waals surface area contributed by atoms with Crippen molar-refractivity contribution in [1.82, 2.24) is 9.55 Å². The van der Waals surface area contributed by atoms with Gasteiger partial charge < -0.3 is 10.3 Å². The van der Waals surface area contributed by atoms with E-state index in [1.165, 1.54) is 0 Å². The van der Waals surface area contributed by atoms with E-state index in [1.54, 1.807) is 6.20 Å². The number of anilines is 1. The number of carbonyl (C=O) groups is 1. The van der Waals surface area contributed by atoms with Gasteiger partial charge >= 0.3 is 0 Å². The normalized spacial score (nSPS) is 12.5. The number of hydrogen-bond donors (Lipinski definition) is 2. The van der Waals surface area contributed by atoms with E-state index in [9.17, 15) is 4.79 Å². The van der Waals surface area contributed by atoms with Crippen LogP contribution in [0.15, 0.2) is 12.4 Å². The van der Waals surface area contributed by atoms with Crippen molar-refractivity contribution in [1.29, 1.82) is 0 Å². The monoisotopic (exact) mass is 196 g/mol. The molecule has 0 aliphatic rings. The van der Waals surface area contributed by atoms with Gasteiger partial charge in [-0.15, -0.1) is 0 Å². The molecule has 5 heteroatoms. The summed E-state index contributed by atoms with van der Waals surface area (Å²) in [6.45, 7) is 4.63. The van der Waals surface area contributed by atoms with E-state index in [2.05, 4.69) is 10.3 Å². The molecule has 14 heavy (non-hydrogen) atoms. The summed E-state index contributed by atoms with van der Waals surface area (Å²) in [7, 11) is 0. The van der Waals surface area contributed by atoms with Crippen molar-refractivity contribution in [3.8, 4) is 0 Å². The highest BCUT2D eigenvalue weighted by molar-refractivity contribution is 5.93. The predicted molar refractivity (Wildman–Crippen MR) is 54.8 cm³/mol. The molecule has 0 spiro atoms. The molecule has 0 aromatic carbocycles. The minimum Gasteiger partial charge on any atom is -0.320 e. The van der Waals surface area contributed by atoms with E-state index in [4.69, 9.17) is 5.73 Å². The zero-order chi connectivity index (χ0) is 10.6. The van der Waals surface area contributed by atoms with Crippen LogP contribution in [0.3, 0.4) is 0 Å². The maximum atomic E-state index is 11.4. The van der Waals surface area contributed by atoms with Crippen LogP contribution in [0.5, 0.6) is 0 Å². The van der Waals surface area contributed by atoms with E-state index in [0.29, 0.717) is 12.4 Å². The Morgan fingerprint density at radius 3 is 3.00 bits per heavy atom. The summed E-state index contributed by atoms with van der Waals surface area (Å²) in [5.74, 6) is 0.370. The maximum absolute atomic E-state index is 11.4. The summed E-state index contributed by atoms with van der Waals surface area (Å²) < 4.78 is 1.85. The minimum absolute atomic E-state index is 0.187. The van der Waals surface area contributed by atoms with Crippen molar-refractivity contribution in [2.45, 2.75) is 32.9 Å². The summed E-state index contributed by atoms with van der Waals surface area (Å²) in [6.07, 6.45) is 4.09. The van der Waals surface area contributed by atoms with E-state index in [-0.39, 0.29) is 5.91 Å². The molecule has 0 fully saturated rings. The van der Waals surface area contributed by atoms with Gasteiger partial charge in [-0.05, 0) is 13.3 Å². The Morgan fingerprint density at radius 1 is 1.71 bits per heavy atom. The number of hydrogen-bond acceptors (Lipinski definition) is 3. The molecule has 1 amide bonds. The van der Waals surface area contributed by atoms with Crippen molar-refractivity contribution in [2.24, 2.45) is 5.73 Å². The van der Waals surface area contributed by atoms with Crippen LogP contribution in [0.4, 0.5) is 5.95 Å². The largest absolute Gasteiger partial charge is 0.320 e. The standard InChI is InChI=1S/C9H16N4O/c1-3-7(10)8(14)12-9-11-5-6-13(9)4-2/h5-7H,3-4,10H2,1-2H3,(H,11,12,14). The Balaban J connectivity index is 2.64. The number of carbonyl (C=O) groups excluding carboxylic acids is 1. The average Bonchev–Trinajstić information content (AvgIpc) is 2.63. The number of imidazole rings is 1. The number of nitrogens with zero attached hydrogens (tertiary/aromatic N) is 2. The lowest BCUT2D eigenvalue weighted by Gasteiger charge is -2.10. The lowest BCUT2D eigenvalue weighted by molar-refractivity contribution is -0.117. The molecule has 1 heterocycles. The SMILES string of the molecule is CCC(N)C(=O)Nc1nccn1CC. The van der Waals surface area contributed by atoms with Crippen LogP contribution in [0, 0.1) is 0 Å². The molecule has 1 atom stereocenters. The molecular weight excluding hydrogens is 180 g/mol. The Hall–Kier alpha value is -1.36. The molecule has 0 saturated heterocycles. The number of nitrogens with two attached hydrogens (primary N) is 1. The van der Waals surface area contributed by atoms with Crippen LogP contribution in [0.2, 0.25) is 0 Å². The summed E-state index contributed by atoms with van der Waals surface area (Å²) in [5.41, 5.74) is 5.58. The summed E-state index contributed by atoms with van der Waals surface area (Å²) in [6, 6.07) is -0.461. The maximum Gasteiger partial charge on any atom is 0.243 e. The first-order valence-corrected chi connectivity index (χ1v) is 4.76. The Labute approximate surface area is 83.3 Å². The van der Waals surface area contributed by atoms with Crippen molar-refractivity contribution in [3.63, 3.8) is 0 Å². The zero-order valence-corrected chi connectivity index (χ0v) is 8.53. The van der Waals surface area contributed by atoms with E-state index in [0.717, 1.165) is 6.54 Å². The van der Waals surface area contributed by atoms with Gasteiger partial charge in [-0.3, -0.25) is 10.1 Å². The first kappa shape index (κ1) is 10.7. The van der Waals surface area contributed by atoms with Crippen LogP contribution in [-0.2, 0) is 11.3 Å². The second kappa shape index (κ2) is 4.76. The first-order valence-electron chi connectivity index (χ1n) is 4.76. The fourth-order valence-corrected chi connectivity index (χ4v) is 1.08. The molecule has 78 valence electrons. The molecule has 1 unspecified atom stereocenters. The highest BCUT2D eigenvalue weighted by Gasteiger charge is 2.12. The quantitative estimate of drug-likeness (QED) is 0.739. The molecule has 0 saturated carbocycles. The highest BCUT2D eigenvalue weighted by Crippen LogP contribution is 2.04. The number of aryl methyl sites for hydroxylation is 1. The fourth-order valence-electron chi connectivity index (χ4n) is 1.08. The van der Waals surface area contributed by atoms with Crippen molar-refractivity contribution in [3.05, 3.63) is 12.4 Å².